The van der Waals surface area contributed by atoms with Crippen LogP contribution in [0.2, 0.25) is 0 Å². The molecule has 34 heavy (non-hydrogen) atoms. The Morgan fingerprint density at radius 3 is 2.18 bits per heavy atom. The Bertz CT molecular complexity index is 899. The molecule has 0 spiro atoms. The molecule has 1 N–H and O–H groups in total. The predicted octanol–water partition coefficient (Wildman–Crippen LogP) is 7.59. The van der Waals surface area contributed by atoms with Gasteiger partial charge >= 0.3 is 0 Å². The van der Waals surface area contributed by atoms with E-state index in [-0.39, 0.29) is 38.6 Å². The van der Waals surface area contributed by atoms with Gasteiger partial charge in [0.05, 0.1) is 6.17 Å². The van der Waals surface area contributed by atoms with Crippen LogP contribution in [0.3, 0.4) is 0 Å². The third-order valence-corrected chi connectivity index (χ3v) is 8.41. The first-order chi connectivity index (χ1) is 16.0. The molecule has 7 atom stereocenters. The second kappa shape index (κ2) is 12.1. The summed E-state index contributed by atoms with van der Waals surface area (Å²) in [6, 6.07) is 18.2. The number of rotatable bonds is 7. The molecular formula is C30H37F2NY-2. The number of benzene rings is 2. The van der Waals surface area contributed by atoms with Crippen molar-refractivity contribution in [3.8, 4) is 11.1 Å². The monoisotopic (exact) mass is 538 g/mol. The summed E-state index contributed by atoms with van der Waals surface area (Å²) in [5.41, 5.74) is 5.13. The predicted molar refractivity (Wildman–Crippen MR) is 133 cm³/mol. The zero-order valence-corrected chi connectivity index (χ0v) is 23.0. The topological polar surface area (TPSA) is 12.0 Å². The van der Waals surface area contributed by atoms with Gasteiger partial charge in [-0.1, -0.05) is 60.5 Å². The SMILES string of the molecule is [CH2-]C(C[CH-][C@H]1CC[C@H](F)C1)c1ccc(-c2ccc(C3CCC([C@@H]4C[C@@H](F)CN4)C3)cc2)cc1.[Y]. The summed E-state index contributed by atoms with van der Waals surface area (Å²) in [6.45, 7) is 4.87. The van der Waals surface area contributed by atoms with Crippen molar-refractivity contribution in [1.82, 2.24) is 5.32 Å². The summed E-state index contributed by atoms with van der Waals surface area (Å²) in [6.07, 6.45) is 8.61. The van der Waals surface area contributed by atoms with Crippen LogP contribution in [-0.4, -0.2) is 24.9 Å². The molecule has 181 valence electrons. The van der Waals surface area contributed by atoms with Crippen molar-refractivity contribution in [1.29, 1.82) is 0 Å². The standard InChI is InChI=1S/C30H37F2N.Y/c1-20(2-3-21-4-15-28(31)16-21)22-5-7-23(8-6-22)24-9-11-25(12-10-24)26-13-14-27(17-26)30-18-29(32)19-33-30;/h3,5-12,20-21,26-30,33H,1-2,4,13-19H2;/q-2;/t20?,21-,26?,27?,28-,29+,30-;/m0./s1. The molecule has 3 unspecified atom stereocenters. The van der Waals surface area contributed by atoms with E-state index in [1.54, 1.807) is 0 Å². The Morgan fingerprint density at radius 2 is 1.56 bits per heavy atom. The molecule has 3 fully saturated rings. The van der Waals surface area contributed by atoms with Gasteiger partial charge in [-0.05, 0) is 67.1 Å². The molecule has 0 bridgehead atoms. The van der Waals surface area contributed by atoms with Crippen LogP contribution in [-0.2, 0) is 32.7 Å². The smallest absolute Gasteiger partial charge is 0.114 e. The zero-order valence-electron chi connectivity index (χ0n) is 20.1. The maximum Gasteiger partial charge on any atom is 0.114 e. The van der Waals surface area contributed by atoms with Crippen molar-refractivity contribution in [2.45, 2.75) is 81.6 Å². The van der Waals surface area contributed by atoms with E-state index in [4.69, 9.17) is 0 Å². The van der Waals surface area contributed by atoms with Crippen molar-refractivity contribution >= 4 is 0 Å². The van der Waals surface area contributed by atoms with Gasteiger partial charge in [0.25, 0.3) is 0 Å². The molecule has 4 heteroatoms. The second-order valence-electron chi connectivity index (χ2n) is 10.7. The normalized spacial score (nSPS) is 32.0. The number of halogens is 2. The van der Waals surface area contributed by atoms with Crippen LogP contribution < -0.4 is 5.32 Å². The number of hydrogen-bond donors (Lipinski definition) is 1. The minimum Gasteiger partial charge on any atom is -0.338 e. The molecule has 2 aliphatic carbocycles. The summed E-state index contributed by atoms with van der Waals surface area (Å²) in [5, 5.41) is 3.39. The van der Waals surface area contributed by atoms with E-state index >= 15 is 0 Å². The summed E-state index contributed by atoms with van der Waals surface area (Å²) < 4.78 is 26.9. The molecule has 3 aliphatic rings. The van der Waals surface area contributed by atoms with Gasteiger partial charge in [-0.15, -0.1) is 0 Å². The number of hydrogen-bond acceptors (Lipinski definition) is 1. The largest absolute Gasteiger partial charge is 0.338 e. The van der Waals surface area contributed by atoms with E-state index in [0.717, 1.165) is 19.3 Å². The molecule has 1 radical (unpaired) electrons. The first-order valence-corrected chi connectivity index (χ1v) is 12.9. The Balaban J connectivity index is 0.00000274. The van der Waals surface area contributed by atoms with E-state index in [0.29, 0.717) is 43.2 Å². The van der Waals surface area contributed by atoms with Gasteiger partial charge in [-0.3, -0.25) is 0 Å². The minimum atomic E-state index is -0.659. The Morgan fingerprint density at radius 1 is 0.853 bits per heavy atom. The number of nitrogens with one attached hydrogen (secondary N) is 1. The Hall–Kier alpha value is -0.636. The van der Waals surface area contributed by atoms with E-state index in [2.05, 4.69) is 67.2 Å². The summed E-state index contributed by atoms with van der Waals surface area (Å²) in [5.74, 6) is 1.86. The maximum absolute atomic E-state index is 13.6. The van der Waals surface area contributed by atoms with Crippen molar-refractivity contribution in [3.05, 3.63) is 73.0 Å². The van der Waals surface area contributed by atoms with Crippen molar-refractivity contribution in [2.24, 2.45) is 11.8 Å². The summed E-state index contributed by atoms with van der Waals surface area (Å²) in [4.78, 5) is 0. The van der Waals surface area contributed by atoms with Crippen molar-refractivity contribution in [2.75, 3.05) is 6.54 Å². The molecule has 1 heterocycles. The van der Waals surface area contributed by atoms with Crippen molar-refractivity contribution < 1.29 is 41.5 Å². The fraction of sp³-hybridized carbons (Fsp3) is 0.533. The fourth-order valence-corrected chi connectivity index (χ4v) is 6.33. The maximum atomic E-state index is 13.6. The molecule has 0 aromatic heterocycles. The number of alkyl halides is 2. The van der Waals surface area contributed by atoms with Crippen LogP contribution in [0.1, 0.15) is 74.3 Å². The van der Waals surface area contributed by atoms with Gasteiger partial charge in [0.1, 0.15) is 6.17 Å². The average Bonchev–Trinajstić information content (AvgIpc) is 3.59. The zero-order chi connectivity index (χ0) is 22.8. The van der Waals surface area contributed by atoms with Gasteiger partial charge in [0, 0.05) is 45.3 Å². The minimum absolute atomic E-state index is 0. The van der Waals surface area contributed by atoms with E-state index in [1.165, 1.54) is 41.5 Å². The molecule has 2 aromatic rings. The molecule has 0 amide bonds. The molecule has 1 saturated heterocycles. The van der Waals surface area contributed by atoms with Crippen LogP contribution in [0.4, 0.5) is 8.78 Å². The first kappa shape index (κ1) is 26.4. The van der Waals surface area contributed by atoms with Gasteiger partial charge < -0.3 is 18.7 Å². The van der Waals surface area contributed by atoms with Crippen LogP contribution in [0.5, 0.6) is 0 Å². The Kier molecular flexibility index (Phi) is 9.38. The van der Waals surface area contributed by atoms with Crippen LogP contribution >= 0.6 is 0 Å². The molecule has 2 saturated carbocycles. The van der Waals surface area contributed by atoms with E-state index < -0.39 is 12.3 Å². The van der Waals surface area contributed by atoms with E-state index in [1.807, 2.05) is 0 Å². The van der Waals surface area contributed by atoms with Gasteiger partial charge in [0.15, 0.2) is 0 Å². The summed E-state index contributed by atoms with van der Waals surface area (Å²) in [7, 11) is 0. The average molecular weight is 539 g/mol. The van der Waals surface area contributed by atoms with Crippen LogP contribution in [0.25, 0.3) is 11.1 Å². The Labute approximate surface area is 229 Å². The molecular weight excluding hydrogens is 501 g/mol. The fourth-order valence-electron chi connectivity index (χ4n) is 6.33. The third kappa shape index (κ3) is 6.37. The third-order valence-electron chi connectivity index (χ3n) is 8.41. The molecule has 1 aliphatic heterocycles. The molecule has 2 aromatic carbocycles. The van der Waals surface area contributed by atoms with Gasteiger partial charge in [-0.2, -0.15) is 11.8 Å². The van der Waals surface area contributed by atoms with Crippen molar-refractivity contribution in [3.63, 3.8) is 0 Å². The van der Waals surface area contributed by atoms with Crippen LogP contribution in [0, 0.1) is 25.2 Å². The van der Waals surface area contributed by atoms with Crippen LogP contribution in [0.15, 0.2) is 48.5 Å². The summed E-state index contributed by atoms with van der Waals surface area (Å²) >= 11 is 0. The molecule has 5 rings (SSSR count). The quantitative estimate of drug-likeness (QED) is 0.359. The first-order valence-electron chi connectivity index (χ1n) is 12.9. The molecule has 1 nitrogen and oxygen atoms in total. The van der Waals surface area contributed by atoms with Gasteiger partial charge in [-0.25, -0.2) is 15.2 Å². The second-order valence-corrected chi connectivity index (χ2v) is 10.7. The van der Waals surface area contributed by atoms with E-state index in [9.17, 15) is 8.78 Å². The van der Waals surface area contributed by atoms with Gasteiger partial charge in [0.2, 0.25) is 0 Å².